The normalized spacial score (nSPS) is 13.7. The molecule has 0 aliphatic rings. The predicted octanol–water partition coefficient (Wildman–Crippen LogP) is 2.83. The number of carboxylic acid groups (broad SMARTS) is 2. The van der Waals surface area contributed by atoms with E-state index in [0.717, 1.165) is 38.5 Å². The quantitative estimate of drug-likeness (QED) is 0.357. The molecule has 5 heteroatoms. The molecular weight excluding hydrogens is 260 g/mol. The molecule has 0 saturated carbocycles. The van der Waals surface area contributed by atoms with Gasteiger partial charge < -0.3 is 15.3 Å². The Morgan fingerprint density at radius 3 is 2.05 bits per heavy atom. The zero-order valence-corrected chi connectivity index (χ0v) is 12.0. The highest BCUT2D eigenvalue weighted by Gasteiger charge is 2.27. The van der Waals surface area contributed by atoms with Crippen LogP contribution in [0.3, 0.4) is 0 Å². The molecule has 0 radical (unpaired) electrons. The second-order valence-corrected chi connectivity index (χ2v) is 5.10. The molecule has 0 heterocycles. The fourth-order valence-electron chi connectivity index (χ4n) is 2.16. The van der Waals surface area contributed by atoms with Crippen LogP contribution in [0, 0.1) is 5.92 Å². The van der Waals surface area contributed by atoms with Crippen molar-refractivity contribution in [1.29, 1.82) is 0 Å². The Morgan fingerprint density at radius 1 is 1.00 bits per heavy atom. The lowest BCUT2D eigenvalue weighted by molar-refractivity contribution is -0.148. The highest BCUT2D eigenvalue weighted by atomic mass is 16.4. The highest BCUT2D eigenvalue weighted by Crippen LogP contribution is 2.18. The van der Waals surface area contributed by atoms with E-state index in [1.807, 2.05) is 6.08 Å². The predicted molar refractivity (Wildman–Crippen MR) is 76.5 cm³/mol. The first-order chi connectivity index (χ1) is 9.49. The van der Waals surface area contributed by atoms with Crippen molar-refractivity contribution in [2.45, 2.75) is 63.9 Å². The molecule has 0 spiro atoms. The van der Waals surface area contributed by atoms with E-state index in [-0.39, 0.29) is 0 Å². The van der Waals surface area contributed by atoms with Gasteiger partial charge in [-0.05, 0) is 19.3 Å². The standard InChI is InChI=1S/C15H26O5/c1-2-3-4-5-6-7-8-9-10-12(15(19)20)13(16)11-14(17)18/h2,12-13,16H,1,3-11H2,(H,17,18)(H,19,20)/t12-,13+/m0/s1. The molecular formula is C15H26O5. The summed E-state index contributed by atoms with van der Waals surface area (Å²) in [4.78, 5) is 21.5. The topological polar surface area (TPSA) is 94.8 Å². The Bertz CT molecular complexity index is 301. The summed E-state index contributed by atoms with van der Waals surface area (Å²) < 4.78 is 0. The average Bonchev–Trinajstić information content (AvgIpc) is 2.35. The summed E-state index contributed by atoms with van der Waals surface area (Å²) in [5, 5.41) is 27.1. The van der Waals surface area contributed by atoms with Crippen LogP contribution >= 0.6 is 0 Å². The highest BCUT2D eigenvalue weighted by molar-refractivity contribution is 5.73. The number of hydrogen-bond donors (Lipinski definition) is 3. The van der Waals surface area contributed by atoms with Crippen molar-refractivity contribution < 1.29 is 24.9 Å². The third-order valence-electron chi connectivity index (χ3n) is 3.34. The minimum atomic E-state index is -1.31. The zero-order valence-electron chi connectivity index (χ0n) is 12.0. The lowest BCUT2D eigenvalue weighted by atomic mass is 9.93. The first kappa shape index (κ1) is 18.6. The van der Waals surface area contributed by atoms with E-state index < -0.39 is 30.4 Å². The molecule has 0 aromatic heterocycles. The fraction of sp³-hybridized carbons (Fsp3) is 0.733. The SMILES string of the molecule is C=CCCCCCCCC[C@H](C(=O)O)[C@H](O)CC(=O)O. The molecule has 0 aromatic rings. The van der Waals surface area contributed by atoms with Gasteiger partial charge in [0.1, 0.15) is 0 Å². The number of rotatable bonds is 13. The van der Waals surface area contributed by atoms with Gasteiger partial charge in [-0.15, -0.1) is 6.58 Å². The van der Waals surface area contributed by atoms with Crippen molar-refractivity contribution in [1.82, 2.24) is 0 Å². The molecule has 20 heavy (non-hydrogen) atoms. The zero-order chi connectivity index (χ0) is 15.4. The Morgan fingerprint density at radius 2 is 1.55 bits per heavy atom. The van der Waals surface area contributed by atoms with Gasteiger partial charge in [0.2, 0.25) is 0 Å². The second kappa shape index (κ2) is 11.5. The van der Waals surface area contributed by atoms with E-state index in [2.05, 4.69) is 6.58 Å². The van der Waals surface area contributed by atoms with Crippen molar-refractivity contribution in [3.8, 4) is 0 Å². The average molecular weight is 286 g/mol. The monoisotopic (exact) mass is 286 g/mol. The number of hydrogen-bond acceptors (Lipinski definition) is 3. The molecule has 0 unspecified atom stereocenters. The lowest BCUT2D eigenvalue weighted by Gasteiger charge is -2.17. The van der Waals surface area contributed by atoms with Gasteiger partial charge in [0.15, 0.2) is 0 Å². The van der Waals surface area contributed by atoms with Crippen LogP contribution < -0.4 is 0 Å². The minimum Gasteiger partial charge on any atom is -0.481 e. The van der Waals surface area contributed by atoms with Gasteiger partial charge in [-0.1, -0.05) is 38.2 Å². The molecule has 0 rings (SSSR count). The third-order valence-corrected chi connectivity index (χ3v) is 3.34. The summed E-state index contributed by atoms with van der Waals surface area (Å²) in [5.74, 6) is -3.28. The van der Waals surface area contributed by atoms with Crippen LogP contribution in [0.5, 0.6) is 0 Å². The Kier molecular flexibility index (Phi) is 10.7. The van der Waals surface area contributed by atoms with Crippen LogP contribution in [0.4, 0.5) is 0 Å². The van der Waals surface area contributed by atoms with Gasteiger partial charge in [0, 0.05) is 0 Å². The molecule has 0 aromatic carbocycles. The van der Waals surface area contributed by atoms with E-state index in [1.165, 1.54) is 0 Å². The smallest absolute Gasteiger partial charge is 0.309 e. The van der Waals surface area contributed by atoms with Crippen molar-refractivity contribution in [3.63, 3.8) is 0 Å². The van der Waals surface area contributed by atoms with Gasteiger partial charge in [-0.3, -0.25) is 9.59 Å². The van der Waals surface area contributed by atoms with E-state index in [4.69, 9.17) is 10.2 Å². The molecule has 0 aliphatic carbocycles. The van der Waals surface area contributed by atoms with Gasteiger partial charge in [-0.2, -0.15) is 0 Å². The summed E-state index contributed by atoms with van der Waals surface area (Å²) in [6.07, 6.45) is 7.50. The van der Waals surface area contributed by atoms with Gasteiger partial charge in [0.05, 0.1) is 18.4 Å². The van der Waals surface area contributed by atoms with Crippen LogP contribution in [0.1, 0.15) is 57.8 Å². The lowest BCUT2D eigenvalue weighted by Crippen LogP contribution is -2.30. The van der Waals surface area contributed by atoms with Crippen molar-refractivity contribution in [2.75, 3.05) is 0 Å². The Labute approximate surface area is 120 Å². The number of unbranched alkanes of at least 4 members (excludes halogenated alkanes) is 6. The molecule has 0 saturated heterocycles. The maximum Gasteiger partial charge on any atom is 0.309 e. The van der Waals surface area contributed by atoms with E-state index in [0.29, 0.717) is 12.8 Å². The second-order valence-electron chi connectivity index (χ2n) is 5.10. The molecule has 0 bridgehead atoms. The fourth-order valence-corrected chi connectivity index (χ4v) is 2.16. The third kappa shape index (κ3) is 9.55. The number of allylic oxidation sites excluding steroid dienone is 1. The largest absolute Gasteiger partial charge is 0.481 e. The molecule has 0 aliphatic heterocycles. The van der Waals surface area contributed by atoms with Crippen LogP contribution in [0.2, 0.25) is 0 Å². The number of aliphatic hydroxyl groups is 1. The van der Waals surface area contributed by atoms with Gasteiger partial charge in [0.25, 0.3) is 0 Å². The molecule has 3 N–H and O–H groups in total. The summed E-state index contributed by atoms with van der Waals surface area (Å²) in [5.41, 5.74) is 0. The van der Waals surface area contributed by atoms with E-state index >= 15 is 0 Å². The molecule has 5 nitrogen and oxygen atoms in total. The molecule has 116 valence electrons. The minimum absolute atomic E-state index is 0.330. The van der Waals surface area contributed by atoms with E-state index in [9.17, 15) is 14.7 Å². The number of carboxylic acids is 2. The number of aliphatic hydroxyl groups excluding tert-OH is 1. The first-order valence-electron chi connectivity index (χ1n) is 7.22. The Balaban J connectivity index is 3.79. The molecule has 0 amide bonds. The van der Waals surface area contributed by atoms with Gasteiger partial charge >= 0.3 is 11.9 Å². The Hall–Kier alpha value is -1.36. The maximum atomic E-state index is 11.0. The van der Waals surface area contributed by atoms with Crippen molar-refractivity contribution in [3.05, 3.63) is 12.7 Å². The number of carbonyl (C=O) groups is 2. The van der Waals surface area contributed by atoms with Crippen molar-refractivity contribution >= 4 is 11.9 Å². The van der Waals surface area contributed by atoms with Gasteiger partial charge in [-0.25, -0.2) is 0 Å². The first-order valence-corrected chi connectivity index (χ1v) is 7.22. The summed E-state index contributed by atoms with van der Waals surface area (Å²) in [7, 11) is 0. The summed E-state index contributed by atoms with van der Waals surface area (Å²) in [6, 6.07) is 0. The molecule has 2 atom stereocenters. The molecule has 0 fully saturated rings. The van der Waals surface area contributed by atoms with Crippen LogP contribution in [-0.2, 0) is 9.59 Å². The van der Waals surface area contributed by atoms with Crippen LogP contribution in [-0.4, -0.2) is 33.4 Å². The number of aliphatic carboxylic acids is 2. The summed E-state index contributed by atoms with van der Waals surface area (Å²) >= 11 is 0. The van der Waals surface area contributed by atoms with Crippen LogP contribution in [0.15, 0.2) is 12.7 Å². The summed E-state index contributed by atoms with van der Waals surface area (Å²) in [6.45, 7) is 3.66. The van der Waals surface area contributed by atoms with Crippen LogP contribution in [0.25, 0.3) is 0 Å². The maximum absolute atomic E-state index is 11.0. The van der Waals surface area contributed by atoms with E-state index in [1.54, 1.807) is 0 Å². The van der Waals surface area contributed by atoms with Crippen molar-refractivity contribution in [2.24, 2.45) is 5.92 Å².